The molecule has 0 amide bonds. The summed E-state index contributed by atoms with van der Waals surface area (Å²) in [7, 11) is 0. The van der Waals surface area contributed by atoms with Crippen molar-refractivity contribution in [2.45, 2.75) is 19.8 Å². The molecule has 0 saturated heterocycles. The van der Waals surface area contributed by atoms with Gasteiger partial charge in [0, 0.05) is 0 Å². The number of nitrogens with zero attached hydrogens (tertiary/aromatic N) is 3. The number of hydrogen-bond acceptors (Lipinski definition) is 3. The molecule has 1 aromatic rings. The molecule has 0 aromatic carbocycles. The van der Waals surface area contributed by atoms with Crippen molar-refractivity contribution in [3.63, 3.8) is 0 Å². The van der Waals surface area contributed by atoms with Crippen molar-refractivity contribution in [3.8, 4) is 0 Å². The van der Waals surface area contributed by atoms with Crippen LogP contribution in [-0.4, -0.2) is 15.0 Å². The van der Waals surface area contributed by atoms with Gasteiger partial charge in [0.15, 0.2) is 5.82 Å². The molecule has 0 bridgehead atoms. The van der Waals surface area contributed by atoms with E-state index in [-0.39, 0.29) is 5.82 Å². The molecule has 0 aliphatic rings. The van der Waals surface area contributed by atoms with Gasteiger partial charge in [0.2, 0.25) is 5.82 Å². The van der Waals surface area contributed by atoms with Crippen LogP contribution in [0.3, 0.4) is 0 Å². The predicted molar refractivity (Wildman–Crippen MR) is 34.4 cm³/mol. The average Bonchev–Trinajstić information content (AvgIpc) is 2.01. The molecular weight excluding hydrogens is 190 g/mol. The molecule has 0 spiro atoms. The van der Waals surface area contributed by atoms with Crippen molar-refractivity contribution in [2.24, 2.45) is 0 Å². The van der Waals surface area contributed by atoms with Gasteiger partial charge in [-0.15, -0.1) is 0 Å². The largest absolute Gasteiger partial charge is 0.451 e. The summed E-state index contributed by atoms with van der Waals surface area (Å²) in [6.45, 7) is 0.114. The van der Waals surface area contributed by atoms with Crippen molar-refractivity contribution in [1.29, 1.82) is 0 Å². The fourth-order valence-electron chi connectivity index (χ4n) is 0.724. The summed E-state index contributed by atoms with van der Waals surface area (Å²) in [5.41, 5.74) is 0. The molecule has 1 rings (SSSR count). The monoisotopic (exact) mass is 195 g/mol. The van der Waals surface area contributed by atoms with Gasteiger partial charge < -0.3 is 0 Å². The van der Waals surface area contributed by atoms with E-state index in [1.165, 1.54) is 6.92 Å². The van der Waals surface area contributed by atoms with Gasteiger partial charge in [-0.1, -0.05) is 0 Å². The van der Waals surface area contributed by atoms with E-state index in [2.05, 4.69) is 15.0 Å². The highest BCUT2D eigenvalue weighted by atomic mass is 19.4. The van der Waals surface area contributed by atoms with Gasteiger partial charge in [0.25, 0.3) is 0 Å². The van der Waals surface area contributed by atoms with Crippen LogP contribution in [0.1, 0.15) is 17.5 Å². The maximum Gasteiger partial charge on any atom is 0.451 e. The number of aryl methyl sites for hydroxylation is 1. The first-order chi connectivity index (χ1) is 5.93. The molecular formula is C6H5F4N3. The summed E-state index contributed by atoms with van der Waals surface area (Å²) in [6.07, 6.45) is -4.66. The van der Waals surface area contributed by atoms with Crippen molar-refractivity contribution in [1.82, 2.24) is 15.0 Å². The van der Waals surface area contributed by atoms with Crippen molar-refractivity contribution < 1.29 is 17.6 Å². The third-order valence-corrected chi connectivity index (χ3v) is 1.17. The number of hydrogen-bond donors (Lipinski definition) is 0. The number of alkyl halides is 4. The molecule has 1 aromatic heterocycles. The Hall–Kier alpha value is -1.27. The van der Waals surface area contributed by atoms with Crippen molar-refractivity contribution in [3.05, 3.63) is 17.5 Å². The van der Waals surface area contributed by atoms with E-state index < -0.39 is 24.5 Å². The highest BCUT2D eigenvalue weighted by Gasteiger charge is 2.35. The first-order valence-electron chi connectivity index (χ1n) is 3.28. The number of aromatic nitrogens is 3. The summed E-state index contributed by atoms with van der Waals surface area (Å²) < 4.78 is 48.0. The van der Waals surface area contributed by atoms with Crippen molar-refractivity contribution >= 4 is 0 Å². The zero-order valence-electron chi connectivity index (χ0n) is 6.56. The van der Waals surface area contributed by atoms with Crippen LogP contribution in [-0.2, 0) is 12.9 Å². The van der Waals surface area contributed by atoms with Crippen LogP contribution in [0.15, 0.2) is 0 Å². The molecule has 0 fully saturated rings. The van der Waals surface area contributed by atoms with Gasteiger partial charge in [-0.3, -0.25) is 0 Å². The van der Waals surface area contributed by atoms with E-state index in [1.54, 1.807) is 0 Å². The SMILES string of the molecule is Cc1nc(CF)nc(C(F)(F)F)n1. The number of rotatable bonds is 1. The molecule has 0 N–H and O–H groups in total. The molecule has 0 unspecified atom stereocenters. The number of halogens is 4. The standard InChI is InChI=1S/C6H5F4N3/c1-3-11-4(2-7)13-5(12-3)6(8,9)10/h2H2,1H3. The van der Waals surface area contributed by atoms with Gasteiger partial charge in [0.1, 0.15) is 12.5 Å². The van der Waals surface area contributed by atoms with E-state index >= 15 is 0 Å². The maximum absolute atomic E-state index is 12.0. The normalized spacial score (nSPS) is 11.8. The van der Waals surface area contributed by atoms with Gasteiger partial charge in [-0.2, -0.15) is 13.2 Å². The van der Waals surface area contributed by atoms with Crippen LogP contribution in [0.25, 0.3) is 0 Å². The summed E-state index contributed by atoms with van der Waals surface area (Å²) in [6, 6.07) is 0. The third kappa shape index (κ3) is 2.33. The molecule has 0 aliphatic heterocycles. The smallest absolute Gasteiger partial charge is 0.242 e. The Balaban J connectivity index is 3.16. The Bertz CT molecular complexity index is 309. The molecule has 13 heavy (non-hydrogen) atoms. The molecule has 7 heteroatoms. The Morgan fingerprint density at radius 3 is 2.23 bits per heavy atom. The second-order valence-electron chi connectivity index (χ2n) is 2.25. The highest BCUT2D eigenvalue weighted by Crippen LogP contribution is 2.25. The van der Waals surface area contributed by atoms with Crippen LogP contribution in [0, 0.1) is 6.92 Å². The molecule has 72 valence electrons. The first-order valence-corrected chi connectivity index (χ1v) is 3.28. The summed E-state index contributed by atoms with van der Waals surface area (Å²) in [5, 5.41) is 0. The zero-order chi connectivity index (χ0) is 10.1. The lowest BCUT2D eigenvalue weighted by Gasteiger charge is -2.05. The molecule has 0 saturated carbocycles. The van der Waals surface area contributed by atoms with E-state index in [9.17, 15) is 17.6 Å². The van der Waals surface area contributed by atoms with E-state index in [4.69, 9.17) is 0 Å². The van der Waals surface area contributed by atoms with Gasteiger partial charge in [0.05, 0.1) is 0 Å². The Morgan fingerprint density at radius 1 is 1.15 bits per heavy atom. The molecule has 0 atom stereocenters. The lowest BCUT2D eigenvalue weighted by Crippen LogP contribution is -2.14. The fourth-order valence-corrected chi connectivity index (χ4v) is 0.724. The quantitative estimate of drug-likeness (QED) is 0.639. The topological polar surface area (TPSA) is 38.7 Å². The van der Waals surface area contributed by atoms with Crippen LogP contribution < -0.4 is 0 Å². The minimum absolute atomic E-state index is 0.144. The minimum atomic E-state index is -4.66. The van der Waals surface area contributed by atoms with Gasteiger partial charge in [-0.05, 0) is 6.92 Å². The molecule has 1 heterocycles. The maximum atomic E-state index is 12.0. The first kappa shape index (κ1) is 9.82. The molecule has 0 radical (unpaired) electrons. The molecule has 3 nitrogen and oxygen atoms in total. The van der Waals surface area contributed by atoms with Crippen LogP contribution in [0.4, 0.5) is 17.6 Å². The van der Waals surface area contributed by atoms with E-state index in [1.807, 2.05) is 0 Å². The minimum Gasteiger partial charge on any atom is -0.242 e. The van der Waals surface area contributed by atoms with Crippen LogP contribution in [0.2, 0.25) is 0 Å². The average molecular weight is 195 g/mol. The Labute approximate surface area is 70.8 Å². The molecule has 0 aliphatic carbocycles. The third-order valence-electron chi connectivity index (χ3n) is 1.17. The van der Waals surface area contributed by atoms with Crippen LogP contribution in [0.5, 0.6) is 0 Å². The van der Waals surface area contributed by atoms with Gasteiger partial charge >= 0.3 is 6.18 Å². The van der Waals surface area contributed by atoms with Gasteiger partial charge in [-0.25, -0.2) is 19.3 Å². The van der Waals surface area contributed by atoms with Crippen LogP contribution >= 0.6 is 0 Å². The highest BCUT2D eigenvalue weighted by molar-refractivity contribution is 4.98. The second-order valence-corrected chi connectivity index (χ2v) is 2.25. The van der Waals surface area contributed by atoms with E-state index in [0.717, 1.165) is 0 Å². The lowest BCUT2D eigenvalue weighted by molar-refractivity contribution is -0.145. The van der Waals surface area contributed by atoms with E-state index in [0.29, 0.717) is 0 Å². The predicted octanol–water partition coefficient (Wildman–Crippen LogP) is 1.67. The lowest BCUT2D eigenvalue weighted by atomic mass is 10.5. The summed E-state index contributed by atoms with van der Waals surface area (Å²) in [4.78, 5) is 9.31. The zero-order valence-corrected chi connectivity index (χ0v) is 6.56. The summed E-state index contributed by atoms with van der Waals surface area (Å²) >= 11 is 0. The Kier molecular flexibility index (Phi) is 2.44. The second kappa shape index (κ2) is 3.23. The fraction of sp³-hybridized carbons (Fsp3) is 0.500. The summed E-state index contributed by atoms with van der Waals surface area (Å²) in [5.74, 6) is -2.00. The Morgan fingerprint density at radius 2 is 1.77 bits per heavy atom. The van der Waals surface area contributed by atoms with Crippen molar-refractivity contribution in [2.75, 3.05) is 0 Å².